The highest BCUT2D eigenvalue weighted by Crippen LogP contribution is 2.26. The minimum absolute atomic E-state index is 0.000696. The largest absolute Gasteiger partial charge is 0.357 e. The molecule has 5 heterocycles. The first-order valence-corrected chi connectivity index (χ1v) is 11.3. The van der Waals surface area contributed by atoms with Crippen molar-refractivity contribution >= 4 is 28.4 Å². The summed E-state index contributed by atoms with van der Waals surface area (Å²) in [6.45, 7) is 1.75. The topological polar surface area (TPSA) is 118 Å². The number of ketones is 1. The van der Waals surface area contributed by atoms with E-state index in [9.17, 15) is 14.0 Å². The predicted octanol–water partition coefficient (Wildman–Crippen LogP) is 2.00. The van der Waals surface area contributed by atoms with Crippen LogP contribution in [0.3, 0.4) is 0 Å². The molecule has 0 saturated carbocycles. The SMILES string of the molecule is O=C(C(=O)N1CCN(c2ccnn2-c2ccccc2)CC1)c1c[nH]c2c(-n3cncn3)ncc(F)c12. The molecular weight excluding hydrogens is 465 g/mol. The first kappa shape index (κ1) is 21.6. The van der Waals surface area contributed by atoms with Crippen LogP contribution < -0.4 is 4.90 Å². The second kappa shape index (κ2) is 8.73. The van der Waals surface area contributed by atoms with Crippen molar-refractivity contribution in [2.45, 2.75) is 0 Å². The number of nitrogens with one attached hydrogen (secondary N) is 1. The van der Waals surface area contributed by atoms with Crippen molar-refractivity contribution in [2.75, 3.05) is 31.1 Å². The summed E-state index contributed by atoms with van der Waals surface area (Å²) in [6, 6.07) is 11.7. The maximum Gasteiger partial charge on any atom is 0.295 e. The van der Waals surface area contributed by atoms with E-state index in [0.717, 1.165) is 17.7 Å². The van der Waals surface area contributed by atoms with Gasteiger partial charge < -0.3 is 14.8 Å². The Morgan fingerprint density at radius 3 is 2.56 bits per heavy atom. The molecule has 1 aromatic carbocycles. The van der Waals surface area contributed by atoms with Crippen LogP contribution in [0.25, 0.3) is 22.4 Å². The van der Waals surface area contributed by atoms with Gasteiger partial charge in [0.05, 0.1) is 34.5 Å². The average Bonchev–Trinajstić information content (AvgIpc) is 3.70. The Morgan fingerprint density at radius 1 is 1.00 bits per heavy atom. The highest BCUT2D eigenvalue weighted by atomic mass is 19.1. The van der Waals surface area contributed by atoms with Crippen LogP contribution in [0.15, 0.2) is 67.6 Å². The highest BCUT2D eigenvalue weighted by molar-refractivity contribution is 6.45. The number of nitrogens with zero attached hydrogens (tertiary/aromatic N) is 8. The van der Waals surface area contributed by atoms with E-state index < -0.39 is 17.5 Å². The number of aromatic amines is 1. The molecule has 0 radical (unpaired) electrons. The van der Waals surface area contributed by atoms with Crippen molar-refractivity contribution in [3.05, 3.63) is 79.0 Å². The fourth-order valence-electron chi connectivity index (χ4n) is 4.47. The summed E-state index contributed by atoms with van der Waals surface area (Å²) in [5.41, 5.74) is 1.16. The lowest BCUT2D eigenvalue weighted by atomic mass is 10.1. The highest BCUT2D eigenvalue weighted by Gasteiger charge is 2.30. The Kier molecular flexibility index (Phi) is 5.25. The lowest BCUT2D eigenvalue weighted by Gasteiger charge is -2.35. The van der Waals surface area contributed by atoms with Crippen molar-refractivity contribution in [3.8, 4) is 11.5 Å². The van der Waals surface area contributed by atoms with E-state index >= 15 is 0 Å². The molecule has 4 aromatic heterocycles. The molecule has 36 heavy (non-hydrogen) atoms. The number of fused-ring (bicyclic) bond motifs is 1. The molecule has 0 unspecified atom stereocenters. The number of piperazine rings is 1. The van der Waals surface area contributed by atoms with Crippen molar-refractivity contribution in [1.82, 2.24) is 39.4 Å². The Labute approximate surface area is 203 Å². The van der Waals surface area contributed by atoms with E-state index in [2.05, 4.69) is 30.0 Å². The molecule has 1 aliphatic rings. The second-order valence-electron chi connectivity index (χ2n) is 8.27. The molecular formula is C24H20FN9O2. The summed E-state index contributed by atoms with van der Waals surface area (Å²) in [6.07, 6.45) is 6.81. The van der Waals surface area contributed by atoms with Crippen LogP contribution in [0.4, 0.5) is 10.2 Å². The zero-order chi connectivity index (χ0) is 24.6. The first-order chi connectivity index (χ1) is 17.6. The van der Waals surface area contributed by atoms with Gasteiger partial charge in [0.2, 0.25) is 0 Å². The molecule has 1 fully saturated rings. The lowest BCUT2D eigenvalue weighted by Crippen LogP contribution is -2.51. The number of anilines is 1. The molecule has 1 saturated heterocycles. The van der Waals surface area contributed by atoms with E-state index in [0.29, 0.717) is 26.2 Å². The van der Waals surface area contributed by atoms with Crippen molar-refractivity contribution < 1.29 is 14.0 Å². The minimum atomic E-state index is -0.779. The molecule has 0 bridgehead atoms. The van der Waals surface area contributed by atoms with E-state index in [1.54, 1.807) is 6.20 Å². The van der Waals surface area contributed by atoms with Crippen molar-refractivity contribution in [3.63, 3.8) is 0 Å². The smallest absolute Gasteiger partial charge is 0.295 e. The molecule has 1 amide bonds. The number of pyridine rings is 1. The number of benzene rings is 1. The number of H-pyrrole nitrogens is 1. The number of aromatic nitrogens is 7. The van der Waals surface area contributed by atoms with E-state index in [-0.39, 0.29) is 22.3 Å². The Bertz CT molecular complexity index is 1550. The third-order valence-electron chi connectivity index (χ3n) is 6.23. The van der Waals surface area contributed by atoms with Crippen LogP contribution in [0.5, 0.6) is 0 Å². The Balaban J connectivity index is 1.21. The molecule has 0 spiro atoms. The zero-order valence-electron chi connectivity index (χ0n) is 19.0. The second-order valence-corrected chi connectivity index (χ2v) is 8.27. The minimum Gasteiger partial charge on any atom is -0.357 e. The summed E-state index contributed by atoms with van der Waals surface area (Å²) < 4.78 is 17.9. The van der Waals surface area contributed by atoms with Crippen LogP contribution in [-0.2, 0) is 4.79 Å². The molecule has 1 aliphatic heterocycles. The molecule has 1 N–H and O–H groups in total. The quantitative estimate of drug-likeness (QED) is 0.299. The molecule has 12 heteroatoms. The van der Waals surface area contributed by atoms with Gasteiger partial charge in [-0.2, -0.15) is 10.2 Å². The number of rotatable bonds is 5. The third-order valence-corrected chi connectivity index (χ3v) is 6.23. The fraction of sp³-hybridized carbons (Fsp3) is 0.167. The number of amides is 1. The normalized spacial score (nSPS) is 13.9. The number of para-hydroxylation sites is 1. The van der Waals surface area contributed by atoms with E-state index in [4.69, 9.17) is 0 Å². The summed E-state index contributed by atoms with van der Waals surface area (Å²) in [4.78, 5) is 40.7. The third kappa shape index (κ3) is 3.59. The van der Waals surface area contributed by atoms with Gasteiger partial charge in [-0.25, -0.2) is 23.7 Å². The van der Waals surface area contributed by atoms with Gasteiger partial charge >= 0.3 is 0 Å². The van der Waals surface area contributed by atoms with Gasteiger partial charge in [-0.1, -0.05) is 18.2 Å². The average molecular weight is 485 g/mol. The lowest BCUT2D eigenvalue weighted by molar-refractivity contribution is -0.126. The standard InChI is InChI=1S/C24H20FN9O2/c25-18-13-28-23(33-15-26-14-30-33)21-20(18)17(12-27-21)22(35)24(36)32-10-8-31(9-11-32)19-6-7-29-34(19)16-4-2-1-3-5-16/h1-7,12-15,27H,8-11H2. The van der Waals surface area contributed by atoms with Crippen LogP contribution in [0.2, 0.25) is 0 Å². The maximum atomic E-state index is 14.7. The number of carbonyl (C=O) groups is 2. The fourth-order valence-corrected chi connectivity index (χ4v) is 4.47. The summed E-state index contributed by atoms with van der Waals surface area (Å²) in [5.74, 6) is -0.972. The van der Waals surface area contributed by atoms with E-state index in [1.165, 1.54) is 28.4 Å². The van der Waals surface area contributed by atoms with E-state index in [1.807, 2.05) is 41.1 Å². The summed E-state index contributed by atoms with van der Waals surface area (Å²) >= 11 is 0. The van der Waals surface area contributed by atoms with Crippen molar-refractivity contribution in [1.29, 1.82) is 0 Å². The van der Waals surface area contributed by atoms with Crippen molar-refractivity contribution in [2.24, 2.45) is 0 Å². The zero-order valence-corrected chi connectivity index (χ0v) is 19.0. The van der Waals surface area contributed by atoms with Crippen LogP contribution in [-0.4, -0.2) is 77.3 Å². The van der Waals surface area contributed by atoms with Gasteiger partial charge in [0.15, 0.2) is 11.6 Å². The van der Waals surface area contributed by atoms with Crippen LogP contribution in [0, 0.1) is 5.82 Å². The molecule has 5 aromatic rings. The predicted molar refractivity (Wildman–Crippen MR) is 128 cm³/mol. The summed E-state index contributed by atoms with van der Waals surface area (Å²) in [7, 11) is 0. The number of Topliss-reactive ketones (excluding diaryl/α,β-unsaturated/α-hetero) is 1. The summed E-state index contributed by atoms with van der Waals surface area (Å²) in [5, 5.41) is 8.44. The molecule has 6 rings (SSSR count). The number of hydrogen-bond acceptors (Lipinski definition) is 7. The monoisotopic (exact) mass is 485 g/mol. The Hall–Kier alpha value is -4.87. The van der Waals surface area contributed by atoms with Crippen LogP contribution in [0.1, 0.15) is 10.4 Å². The van der Waals surface area contributed by atoms with Gasteiger partial charge in [-0.3, -0.25) is 9.59 Å². The van der Waals surface area contributed by atoms with Gasteiger partial charge in [0, 0.05) is 38.4 Å². The molecule has 0 aliphatic carbocycles. The molecule has 180 valence electrons. The van der Waals surface area contributed by atoms with Gasteiger partial charge in [0.25, 0.3) is 11.7 Å². The van der Waals surface area contributed by atoms with Gasteiger partial charge in [0.1, 0.15) is 18.5 Å². The number of hydrogen-bond donors (Lipinski definition) is 1. The maximum absolute atomic E-state index is 14.7. The first-order valence-electron chi connectivity index (χ1n) is 11.3. The van der Waals surface area contributed by atoms with Gasteiger partial charge in [-0.15, -0.1) is 0 Å². The molecule has 11 nitrogen and oxygen atoms in total. The number of carbonyl (C=O) groups excluding carboxylic acids is 2. The van der Waals surface area contributed by atoms with Crippen LogP contribution >= 0.6 is 0 Å². The van der Waals surface area contributed by atoms with Gasteiger partial charge in [-0.05, 0) is 12.1 Å². The Morgan fingerprint density at radius 2 is 1.81 bits per heavy atom. The molecule has 0 atom stereocenters. The number of halogens is 1.